The van der Waals surface area contributed by atoms with E-state index in [-0.39, 0.29) is 50.3 Å². The Morgan fingerprint density at radius 3 is 2.35 bits per heavy atom. The summed E-state index contributed by atoms with van der Waals surface area (Å²) in [7, 11) is 0. The van der Waals surface area contributed by atoms with Crippen LogP contribution in [0.25, 0.3) is 22.4 Å². The summed E-state index contributed by atoms with van der Waals surface area (Å²) < 4.78 is 1.46. The summed E-state index contributed by atoms with van der Waals surface area (Å²) in [6.07, 6.45) is 1.14. The molecule has 0 radical (unpaired) electrons. The van der Waals surface area contributed by atoms with Crippen LogP contribution >= 0.6 is 0 Å². The third-order valence-electron chi connectivity index (χ3n) is 8.51. The molecule has 0 spiro atoms. The van der Waals surface area contributed by atoms with Gasteiger partial charge >= 0.3 is 0 Å². The molecule has 0 unspecified atom stereocenters. The third kappa shape index (κ3) is 9.99. The number of hydrogen-bond acceptors (Lipinski definition) is 8. The van der Waals surface area contributed by atoms with Gasteiger partial charge in [0.2, 0.25) is 29.5 Å². The van der Waals surface area contributed by atoms with Crippen molar-refractivity contribution in [3.05, 3.63) is 66.2 Å². The lowest BCUT2D eigenvalue weighted by atomic mass is 10.0. The van der Waals surface area contributed by atoms with Gasteiger partial charge in [0.05, 0.1) is 23.6 Å². The van der Waals surface area contributed by atoms with Crippen LogP contribution in [0.3, 0.4) is 0 Å². The lowest BCUT2D eigenvalue weighted by Gasteiger charge is -2.25. The number of H-pyrrole nitrogens is 1. The van der Waals surface area contributed by atoms with E-state index in [1.165, 1.54) is 16.5 Å². The van der Waals surface area contributed by atoms with Gasteiger partial charge in [-0.1, -0.05) is 56.3 Å². The van der Waals surface area contributed by atoms with Gasteiger partial charge in [0.1, 0.15) is 30.3 Å². The minimum atomic E-state index is -0.984. The maximum atomic E-state index is 13.6. The van der Waals surface area contributed by atoms with Crippen molar-refractivity contribution in [3.63, 3.8) is 0 Å². The van der Waals surface area contributed by atoms with Crippen LogP contribution in [0.1, 0.15) is 64.6 Å². The van der Waals surface area contributed by atoms with Gasteiger partial charge in [0.15, 0.2) is 5.82 Å². The summed E-state index contributed by atoms with van der Waals surface area (Å²) in [6.45, 7) is 7.10. The Kier molecular flexibility index (Phi) is 12.1. The number of imidazole rings is 1. The first-order chi connectivity index (χ1) is 24.5. The predicted molar refractivity (Wildman–Crippen MR) is 190 cm³/mol. The highest BCUT2D eigenvalue weighted by molar-refractivity contribution is 5.93. The molecule has 0 saturated carbocycles. The van der Waals surface area contributed by atoms with Crippen LogP contribution < -0.4 is 21.3 Å². The fraction of sp³-hybridized carbons (Fsp3) is 0.444. The Labute approximate surface area is 296 Å². The number of aromatic amines is 1. The van der Waals surface area contributed by atoms with Crippen LogP contribution in [0.15, 0.2) is 54.6 Å². The Hall–Kier alpha value is -5.60. The molecule has 3 atom stereocenters. The second-order valence-corrected chi connectivity index (χ2v) is 13.2. The van der Waals surface area contributed by atoms with E-state index in [1.807, 2.05) is 68.4 Å². The van der Waals surface area contributed by atoms with E-state index in [0.717, 1.165) is 16.6 Å². The zero-order valence-corrected chi connectivity index (χ0v) is 29.4. The number of aryl methyl sites for hydroxylation is 1. The zero-order chi connectivity index (χ0) is 36.5. The number of aromatic nitrogens is 5. The number of carbonyl (C=O) groups is 5. The van der Waals surface area contributed by atoms with Crippen molar-refractivity contribution in [1.29, 1.82) is 0 Å². The summed E-state index contributed by atoms with van der Waals surface area (Å²) >= 11 is 0. The van der Waals surface area contributed by atoms with Crippen LogP contribution in [0.5, 0.6) is 0 Å². The molecule has 270 valence electrons. The van der Waals surface area contributed by atoms with Crippen molar-refractivity contribution in [2.45, 2.75) is 78.0 Å². The molecule has 5 amide bonds. The quantitative estimate of drug-likeness (QED) is 0.202. The lowest BCUT2D eigenvalue weighted by molar-refractivity contribution is -0.137. The second kappa shape index (κ2) is 16.9. The highest BCUT2D eigenvalue weighted by Crippen LogP contribution is 2.20. The van der Waals surface area contributed by atoms with E-state index in [2.05, 4.69) is 41.3 Å². The number of nitrogens with zero attached hydrogens (tertiary/aromatic N) is 5. The normalized spacial score (nSPS) is 20.0. The number of rotatable bonds is 6. The molecule has 2 aromatic heterocycles. The van der Waals surface area contributed by atoms with Gasteiger partial charge in [-0.25, -0.2) is 14.6 Å². The van der Waals surface area contributed by atoms with E-state index < -0.39 is 35.8 Å². The maximum absolute atomic E-state index is 13.6. The van der Waals surface area contributed by atoms with Crippen molar-refractivity contribution < 1.29 is 24.0 Å². The fourth-order valence-electron chi connectivity index (χ4n) is 5.89. The highest BCUT2D eigenvalue weighted by atomic mass is 16.2. The van der Waals surface area contributed by atoms with E-state index in [9.17, 15) is 24.0 Å². The first-order valence-electron chi connectivity index (χ1n) is 17.3. The molecule has 0 aliphatic carbocycles. The van der Waals surface area contributed by atoms with E-state index in [1.54, 1.807) is 6.92 Å². The summed E-state index contributed by atoms with van der Waals surface area (Å²) in [5.41, 5.74) is 2.41. The number of hydrogen-bond donors (Lipinski definition) is 5. The molecule has 0 bridgehead atoms. The lowest BCUT2D eigenvalue weighted by Crippen LogP contribution is -2.54. The number of para-hydroxylation sites is 2. The van der Waals surface area contributed by atoms with Gasteiger partial charge in [-0.2, -0.15) is 5.10 Å². The first kappa shape index (κ1) is 36.7. The molecule has 3 heterocycles. The predicted octanol–water partition coefficient (Wildman–Crippen LogP) is 2.02. The molecule has 0 saturated heterocycles. The summed E-state index contributed by atoms with van der Waals surface area (Å²) in [5.74, 6) is -0.646. The Bertz CT molecular complexity index is 1820. The van der Waals surface area contributed by atoms with Gasteiger partial charge < -0.3 is 31.2 Å². The third-order valence-corrected chi connectivity index (χ3v) is 8.51. The molecule has 5 rings (SSSR count). The van der Waals surface area contributed by atoms with Gasteiger partial charge in [-0.05, 0) is 44.7 Å². The van der Waals surface area contributed by atoms with Crippen LogP contribution in [-0.4, -0.2) is 90.9 Å². The van der Waals surface area contributed by atoms with Crippen molar-refractivity contribution >= 4 is 40.6 Å². The van der Waals surface area contributed by atoms with Crippen LogP contribution in [0, 0.1) is 5.92 Å². The average molecular weight is 699 g/mol. The van der Waals surface area contributed by atoms with E-state index in [4.69, 9.17) is 0 Å². The zero-order valence-electron chi connectivity index (χ0n) is 29.4. The van der Waals surface area contributed by atoms with Gasteiger partial charge in [-0.15, -0.1) is 0 Å². The molecule has 15 nitrogen and oxygen atoms in total. The monoisotopic (exact) mass is 698 g/mol. The molecule has 15 heteroatoms. The van der Waals surface area contributed by atoms with Crippen LogP contribution in [-0.2, 0) is 36.9 Å². The van der Waals surface area contributed by atoms with Crippen molar-refractivity contribution in [1.82, 2.24) is 50.9 Å². The van der Waals surface area contributed by atoms with E-state index >= 15 is 0 Å². The van der Waals surface area contributed by atoms with Crippen LogP contribution in [0.4, 0.5) is 0 Å². The van der Waals surface area contributed by atoms with Crippen molar-refractivity contribution in [2.24, 2.45) is 5.92 Å². The minimum Gasteiger partial charge on any atom is -0.354 e. The number of amides is 5. The Morgan fingerprint density at radius 1 is 0.863 bits per heavy atom. The minimum absolute atomic E-state index is 0.0547. The van der Waals surface area contributed by atoms with E-state index in [0.29, 0.717) is 36.7 Å². The molecule has 4 aromatic rings. The van der Waals surface area contributed by atoms with Crippen molar-refractivity contribution in [3.8, 4) is 11.4 Å². The maximum Gasteiger partial charge on any atom is 0.243 e. The summed E-state index contributed by atoms with van der Waals surface area (Å²) in [6, 6.07) is 14.3. The summed E-state index contributed by atoms with van der Waals surface area (Å²) in [5, 5.41) is 15.9. The number of fused-ring (bicyclic) bond motifs is 2. The molecular formula is C36H46N10O5. The second-order valence-electron chi connectivity index (χ2n) is 13.2. The largest absolute Gasteiger partial charge is 0.354 e. The van der Waals surface area contributed by atoms with Crippen LogP contribution in [0.2, 0.25) is 0 Å². The molecular weight excluding hydrogens is 652 g/mol. The first-order valence-corrected chi connectivity index (χ1v) is 17.3. The SMILES string of the molecule is CC(C)C[C@H]1NC(=O)[C@@H](C)NC(=O)CN(C(=O)CCc2nc3ccccc3[nH]2)CCCNC(=O)Cn2nc(-c3ccccc3)nc2[C@H](C)NC1=O. The number of nitrogens with one attached hydrogen (secondary N) is 5. The summed E-state index contributed by atoms with van der Waals surface area (Å²) in [4.78, 5) is 80.5. The Balaban J connectivity index is 1.36. The molecule has 5 N–H and O–H groups in total. The number of benzene rings is 2. The van der Waals surface area contributed by atoms with Crippen molar-refractivity contribution in [2.75, 3.05) is 19.6 Å². The average Bonchev–Trinajstić information content (AvgIpc) is 3.72. The molecule has 2 aromatic carbocycles. The van der Waals surface area contributed by atoms with Gasteiger partial charge in [0, 0.05) is 31.5 Å². The Morgan fingerprint density at radius 2 is 1.61 bits per heavy atom. The molecule has 51 heavy (non-hydrogen) atoms. The topological polar surface area (TPSA) is 196 Å². The number of carbonyl (C=O) groups excluding carboxylic acids is 5. The molecule has 0 fully saturated rings. The molecule has 1 aliphatic heterocycles. The van der Waals surface area contributed by atoms with Gasteiger partial charge in [-0.3, -0.25) is 24.0 Å². The smallest absolute Gasteiger partial charge is 0.243 e. The van der Waals surface area contributed by atoms with Gasteiger partial charge in [0.25, 0.3) is 0 Å². The standard InChI is InChI=1S/C36H46N10O5/c1-22(2)19-28-36(51)39-23(3)34-43-33(25-11-6-5-7-12-25)44-46(34)21-30(47)37-17-10-18-45(20-31(48)38-24(4)35(50)42-28)32(49)16-15-29-40-26-13-8-9-14-27(26)41-29/h5-9,11-14,22-24,28H,10,15-21H2,1-4H3,(H,37,47)(H,38,48)(H,39,51)(H,40,41)(H,42,50)/t23-,24+,28+/m0/s1. The molecule has 1 aliphatic rings. The fourth-order valence-corrected chi connectivity index (χ4v) is 5.89. The highest BCUT2D eigenvalue weighted by Gasteiger charge is 2.29.